The Hall–Kier alpha value is -0.0800. The summed E-state index contributed by atoms with van der Waals surface area (Å²) in [6.45, 7) is 8.35. The summed E-state index contributed by atoms with van der Waals surface area (Å²) in [5.74, 6) is 0.606. The van der Waals surface area contributed by atoms with E-state index in [0.717, 1.165) is 13.2 Å². The highest BCUT2D eigenvalue weighted by Gasteiger charge is 2.33. The van der Waals surface area contributed by atoms with Crippen LogP contribution in [0, 0.1) is 11.3 Å². The van der Waals surface area contributed by atoms with E-state index in [-0.39, 0.29) is 5.41 Å². The van der Waals surface area contributed by atoms with Crippen LogP contribution in [-0.2, 0) is 9.47 Å². The Morgan fingerprint density at radius 3 is 1.86 bits per heavy atom. The number of hydrogen-bond acceptors (Lipinski definition) is 2. The molecule has 14 heavy (non-hydrogen) atoms. The lowest BCUT2D eigenvalue weighted by Crippen LogP contribution is -2.37. The van der Waals surface area contributed by atoms with Crippen LogP contribution in [0.1, 0.15) is 40.0 Å². The second kappa shape index (κ2) is 7.24. The van der Waals surface area contributed by atoms with Crippen molar-refractivity contribution in [1.29, 1.82) is 0 Å². The van der Waals surface area contributed by atoms with Gasteiger partial charge in [0.15, 0.2) is 0 Å². The molecule has 0 atom stereocenters. The smallest absolute Gasteiger partial charge is 0.0543 e. The maximum atomic E-state index is 5.34. The first-order chi connectivity index (χ1) is 6.63. The molecule has 0 N–H and O–H groups in total. The van der Waals surface area contributed by atoms with Crippen molar-refractivity contribution in [1.82, 2.24) is 0 Å². The molecule has 0 aromatic heterocycles. The molecule has 0 bridgehead atoms. The van der Waals surface area contributed by atoms with Gasteiger partial charge in [0.2, 0.25) is 0 Å². The average Bonchev–Trinajstić information content (AvgIpc) is 2.14. The van der Waals surface area contributed by atoms with Gasteiger partial charge in [-0.05, 0) is 12.3 Å². The molecular weight excluding hydrogens is 176 g/mol. The van der Waals surface area contributed by atoms with Gasteiger partial charge in [-0.1, -0.05) is 33.6 Å². The molecule has 0 rings (SSSR count). The molecule has 0 unspecified atom stereocenters. The minimum Gasteiger partial charge on any atom is -0.384 e. The van der Waals surface area contributed by atoms with Crippen LogP contribution in [0.5, 0.6) is 0 Å². The Morgan fingerprint density at radius 1 is 1.07 bits per heavy atom. The average molecular weight is 202 g/mol. The van der Waals surface area contributed by atoms with Crippen molar-refractivity contribution < 1.29 is 9.47 Å². The fourth-order valence-electron chi connectivity index (χ4n) is 1.91. The van der Waals surface area contributed by atoms with Crippen LogP contribution in [0.3, 0.4) is 0 Å². The minimum absolute atomic E-state index is 0.208. The molecule has 0 heterocycles. The van der Waals surface area contributed by atoms with Gasteiger partial charge in [-0.25, -0.2) is 0 Å². The van der Waals surface area contributed by atoms with E-state index < -0.39 is 0 Å². The zero-order valence-electron chi connectivity index (χ0n) is 10.4. The van der Waals surface area contributed by atoms with Gasteiger partial charge in [-0.3, -0.25) is 0 Å². The highest BCUT2D eigenvalue weighted by atomic mass is 16.5. The fraction of sp³-hybridized carbons (Fsp3) is 1.00. The number of rotatable bonds is 8. The summed E-state index contributed by atoms with van der Waals surface area (Å²) >= 11 is 0. The molecule has 0 aliphatic carbocycles. The van der Waals surface area contributed by atoms with Gasteiger partial charge < -0.3 is 9.47 Å². The molecule has 0 saturated carbocycles. The number of hydrogen-bond donors (Lipinski definition) is 0. The van der Waals surface area contributed by atoms with Gasteiger partial charge >= 0.3 is 0 Å². The van der Waals surface area contributed by atoms with Crippen molar-refractivity contribution in [3.8, 4) is 0 Å². The Balaban J connectivity index is 4.38. The van der Waals surface area contributed by atoms with E-state index in [1.165, 1.54) is 19.3 Å². The van der Waals surface area contributed by atoms with Crippen LogP contribution in [-0.4, -0.2) is 27.4 Å². The van der Waals surface area contributed by atoms with Gasteiger partial charge in [0.05, 0.1) is 13.2 Å². The second-order valence-electron chi connectivity index (χ2n) is 4.49. The molecule has 0 aliphatic rings. The van der Waals surface area contributed by atoms with Crippen molar-refractivity contribution in [2.24, 2.45) is 11.3 Å². The Kier molecular flexibility index (Phi) is 7.20. The van der Waals surface area contributed by atoms with E-state index in [2.05, 4.69) is 20.8 Å². The largest absolute Gasteiger partial charge is 0.384 e. The van der Waals surface area contributed by atoms with E-state index >= 15 is 0 Å². The van der Waals surface area contributed by atoms with Crippen molar-refractivity contribution >= 4 is 0 Å². The number of ether oxygens (including phenoxy) is 2. The van der Waals surface area contributed by atoms with Gasteiger partial charge in [-0.2, -0.15) is 0 Å². The maximum absolute atomic E-state index is 5.34. The summed E-state index contributed by atoms with van der Waals surface area (Å²) in [4.78, 5) is 0. The lowest BCUT2D eigenvalue weighted by molar-refractivity contribution is -0.0273. The summed E-state index contributed by atoms with van der Waals surface area (Å²) in [6.07, 6.45) is 3.69. The zero-order valence-corrected chi connectivity index (χ0v) is 10.4. The summed E-state index contributed by atoms with van der Waals surface area (Å²) < 4.78 is 10.7. The van der Waals surface area contributed by atoms with E-state index in [4.69, 9.17) is 9.47 Å². The molecule has 2 nitrogen and oxygen atoms in total. The molecule has 0 fully saturated rings. The first kappa shape index (κ1) is 13.9. The van der Waals surface area contributed by atoms with Gasteiger partial charge in [0, 0.05) is 19.6 Å². The molecule has 0 aromatic carbocycles. The topological polar surface area (TPSA) is 18.5 Å². The van der Waals surface area contributed by atoms with Crippen molar-refractivity contribution in [2.75, 3.05) is 27.4 Å². The number of methoxy groups -OCH3 is 2. The summed E-state index contributed by atoms with van der Waals surface area (Å²) in [5.41, 5.74) is 0.208. The van der Waals surface area contributed by atoms with Crippen LogP contribution in [0.4, 0.5) is 0 Å². The molecule has 0 aliphatic heterocycles. The van der Waals surface area contributed by atoms with Crippen LogP contribution in [0.25, 0.3) is 0 Å². The third kappa shape index (κ3) is 3.97. The third-order valence-electron chi connectivity index (χ3n) is 3.12. The molecular formula is C12H26O2. The molecule has 0 radical (unpaired) electrons. The second-order valence-corrected chi connectivity index (χ2v) is 4.49. The molecule has 0 spiro atoms. The molecule has 86 valence electrons. The van der Waals surface area contributed by atoms with Crippen LogP contribution in [0.15, 0.2) is 0 Å². The van der Waals surface area contributed by atoms with Crippen molar-refractivity contribution in [3.63, 3.8) is 0 Å². The fourth-order valence-corrected chi connectivity index (χ4v) is 1.91. The maximum Gasteiger partial charge on any atom is 0.0543 e. The highest BCUT2D eigenvalue weighted by molar-refractivity contribution is 4.82. The minimum atomic E-state index is 0.208. The monoisotopic (exact) mass is 202 g/mol. The lowest BCUT2D eigenvalue weighted by Gasteiger charge is -2.36. The van der Waals surface area contributed by atoms with Crippen LogP contribution >= 0.6 is 0 Å². The van der Waals surface area contributed by atoms with E-state index in [1.54, 1.807) is 14.2 Å². The summed E-state index contributed by atoms with van der Waals surface area (Å²) in [6, 6.07) is 0. The molecule has 0 aromatic rings. The lowest BCUT2D eigenvalue weighted by atomic mass is 9.74. The standard InChI is InChI=1S/C12H26O2/c1-6-7-8-12(9-13-4,10-14-5)11(2)3/h11H,6-10H2,1-5H3. The number of unbranched alkanes of at least 4 members (excludes halogenated alkanes) is 1. The van der Waals surface area contributed by atoms with E-state index in [0.29, 0.717) is 5.92 Å². The summed E-state index contributed by atoms with van der Waals surface area (Å²) in [5, 5.41) is 0. The Bertz CT molecular complexity index is 126. The first-order valence-corrected chi connectivity index (χ1v) is 5.60. The third-order valence-corrected chi connectivity index (χ3v) is 3.12. The molecule has 0 amide bonds. The molecule has 2 heteroatoms. The van der Waals surface area contributed by atoms with Crippen LogP contribution < -0.4 is 0 Å². The first-order valence-electron chi connectivity index (χ1n) is 5.60. The molecule has 0 saturated heterocycles. The van der Waals surface area contributed by atoms with Gasteiger partial charge in [0.1, 0.15) is 0 Å². The van der Waals surface area contributed by atoms with E-state index in [9.17, 15) is 0 Å². The zero-order chi connectivity index (χ0) is 11.0. The Labute approximate surface area is 89.0 Å². The Morgan fingerprint density at radius 2 is 1.57 bits per heavy atom. The van der Waals surface area contributed by atoms with E-state index in [1.807, 2.05) is 0 Å². The van der Waals surface area contributed by atoms with Crippen molar-refractivity contribution in [2.45, 2.75) is 40.0 Å². The summed E-state index contributed by atoms with van der Waals surface area (Å²) in [7, 11) is 3.55. The quantitative estimate of drug-likeness (QED) is 0.602. The van der Waals surface area contributed by atoms with Gasteiger partial charge in [0.25, 0.3) is 0 Å². The van der Waals surface area contributed by atoms with Crippen molar-refractivity contribution in [3.05, 3.63) is 0 Å². The highest BCUT2D eigenvalue weighted by Crippen LogP contribution is 2.34. The predicted octanol–water partition coefficient (Wildman–Crippen LogP) is 3.11. The SMILES string of the molecule is CCCCC(COC)(COC)C(C)C. The predicted molar refractivity (Wildman–Crippen MR) is 60.5 cm³/mol. The van der Waals surface area contributed by atoms with Crippen LogP contribution in [0.2, 0.25) is 0 Å². The van der Waals surface area contributed by atoms with Gasteiger partial charge in [-0.15, -0.1) is 0 Å². The normalized spacial score (nSPS) is 12.4.